The van der Waals surface area contributed by atoms with Gasteiger partial charge in [0.05, 0.1) is 24.5 Å². The number of carbonyl (C=O) groups is 1. The Morgan fingerprint density at radius 1 is 1.43 bits per heavy atom. The highest BCUT2D eigenvalue weighted by Gasteiger charge is 2.21. The van der Waals surface area contributed by atoms with Gasteiger partial charge in [-0.05, 0) is 37.8 Å². The summed E-state index contributed by atoms with van der Waals surface area (Å²) >= 11 is 1.48. The molecule has 1 saturated carbocycles. The third-order valence-electron chi connectivity index (χ3n) is 3.69. The molecule has 0 saturated heterocycles. The Balaban J connectivity index is 1.53. The summed E-state index contributed by atoms with van der Waals surface area (Å²) < 4.78 is 5.29. The first kappa shape index (κ1) is 14.3. The number of furan rings is 1. The first-order valence-electron chi connectivity index (χ1n) is 7.16. The Morgan fingerprint density at radius 3 is 2.95 bits per heavy atom. The van der Waals surface area contributed by atoms with Gasteiger partial charge in [-0.15, -0.1) is 11.3 Å². The highest BCUT2D eigenvalue weighted by molar-refractivity contribution is 7.13. The lowest BCUT2D eigenvalue weighted by Gasteiger charge is -2.26. The molecule has 0 aliphatic heterocycles. The molecule has 0 bridgehead atoms. The number of aromatic nitrogens is 1. The zero-order chi connectivity index (χ0) is 14.7. The van der Waals surface area contributed by atoms with Gasteiger partial charge in [0.25, 0.3) is 0 Å². The van der Waals surface area contributed by atoms with E-state index in [1.54, 1.807) is 6.26 Å². The molecule has 1 aliphatic rings. The van der Waals surface area contributed by atoms with Crippen LogP contribution in [0.4, 0.5) is 0 Å². The molecule has 0 aromatic carbocycles. The van der Waals surface area contributed by atoms with E-state index in [1.165, 1.54) is 11.3 Å². The smallest absolute Gasteiger partial charge is 0.226 e. The van der Waals surface area contributed by atoms with E-state index >= 15 is 0 Å². The van der Waals surface area contributed by atoms with Crippen molar-refractivity contribution >= 4 is 17.2 Å². The monoisotopic (exact) mass is 306 g/mol. The predicted molar refractivity (Wildman–Crippen MR) is 79.9 cm³/mol. The number of amides is 1. The average Bonchev–Trinajstić information content (AvgIpc) is 3.12. The minimum atomic E-state index is -0.201. The summed E-state index contributed by atoms with van der Waals surface area (Å²) in [5, 5.41) is 15.2. The number of rotatable bonds is 4. The maximum atomic E-state index is 12.0. The van der Waals surface area contributed by atoms with Crippen LogP contribution in [0, 0.1) is 0 Å². The molecule has 112 valence electrons. The molecule has 3 rings (SSSR count). The highest BCUT2D eigenvalue weighted by Crippen LogP contribution is 2.24. The molecule has 1 aliphatic carbocycles. The van der Waals surface area contributed by atoms with Crippen LogP contribution in [0.1, 0.15) is 31.4 Å². The van der Waals surface area contributed by atoms with Crippen molar-refractivity contribution in [1.82, 2.24) is 10.3 Å². The lowest BCUT2D eigenvalue weighted by atomic mass is 9.93. The van der Waals surface area contributed by atoms with Gasteiger partial charge in [-0.3, -0.25) is 4.79 Å². The first-order valence-corrected chi connectivity index (χ1v) is 8.04. The number of thiazole rings is 1. The molecule has 1 fully saturated rings. The maximum Gasteiger partial charge on any atom is 0.226 e. The molecule has 0 atom stereocenters. The van der Waals surface area contributed by atoms with E-state index in [4.69, 9.17) is 4.42 Å². The second-order valence-electron chi connectivity index (χ2n) is 5.37. The molecular weight excluding hydrogens is 288 g/mol. The van der Waals surface area contributed by atoms with Gasteiger partial charge in [0.2, 0.25) is 5.91 Å². The van der Waals surface area contributed by atoms with Gasteiger partial charge in [0, 0.05) is 11.4 Å². The predicted octanol–water partition coefficient (Wildman–Crippen LogP) is 2.37. The van der Waals surface area contributed by atoms with Crippen molar-refractivity contribution in [3.8, 4) is 10.8 Å². The van der Waals surface area contributed by atoms with E-state index in [1.807, 2.05) is 17.5 Å². The first-order chi connectivity index (χ1) is 10.2. The van der Waals surface area contributed by atoms with Crippen LogP contribution < -0.4 is 5.32 Å². The number of aliphatic hydroxyl groups excluding tert-OH is 1. The summed E-state index contributed by atoms with van der Waals surface area (Å²) in [5.74, 6) is 0.723. The molecule has 5 nitrogen and oxygen atoms in total. The van der Waals surface area contributed by atoms with Gasteiger partial charge in [-0.25, -0.2) is 4.98 Å². The fourth-order valence-corrected chi connectivity index (χ4v) is 3.35. The van der Waals surface area contributed by atoms with E-state index < -0.39 is 0 Å². The van der Waals surface area contributed by atoms with Crippen molar-refractivity contribution in [2.24, 2.45) is 0 Å². The molecule has 21 heavy (non-hydrogen) atoms. The molecular formula is C15H18N2O3S. The molecule has 2 aromatic heterocycles. The molecule has 2 N–H and O–H groups in total. The molecule has 0 radical (unpaired) electrons. The number of hydrogen-bond donors (Lipinski definition) is 2. The molecule has 6 heteroatoms. The minimum Gasteiger partial charge on any atom is -0.462 e. The normalized spacial score (nSPS) is 22.1. The van der Waals surface area contributed by atoms with Crippen LogP contribution in [-0.2, 0) is 11.2 Å². The highest BCUT2D eigenvalue weighted by atomic mass is 32.1. The number of carbonyl (C=O) groups excluding carboxylic acids is 1. The molecule has 1 amide bonds. The van der Waals surface area contributed by atoms with E-state index in [0.29, 0.717) is 0 Å². The molecule has 0 unspecified atom stereocenters. The average molecular weight is 306 g/mol. The fourth-order valence-electron chi connectivity index (χ4n) is 2.56. The van der Waals surface area contributed by atoms with Gasteiger partial charge in [0.15, 0.2) is 10.8 Å². The third kappa shape index (κ3) is 3.71. The summed E-state index contributed by atoms with van der Waals surface area (Å²) in [7, 11) is 0. The summed E-state index contributed by atoms with van der Waals surface area (Å²) in [6, 6.07) is 3.86. The van der Waals surface area contributed by atoms with E-state index in [9.17, 15) is 9.90 Å². The van der Waals surface area contributed by atoms with Gasteiger partial charge in [-0.1, -0.05) is 0 Å². The summed E-state index contributed by atoms with van der Waals surface area (Å²) in [4.78, 5) is 16.4. The Hall–Kier alpha value is -1.66. The van der Waals surface area contributed by atoms with Crippen LogP contribution in [0.25, 0.3) is 10.8 Å². The zero-order valence-electron chi connectivity index (χ0n) is 11.6. The zero-order valence-corrected chi connectivity index (χ0v) is 12.4. The second-order valence-corrected chi connectivity index (χ2v) is 6.23. The van der Waals surface area contributed by atoms with E-state index in [0.717, 1.165) is 42.1 Å². The van der Waals surface area contributed by atoms with Crippen molar-refractivity contribution < 1.29 is 14.3 Å². The Bertz CT molecular complexity index is 586. The minimum absolute atomic E-state index is 0.00677. The Kier molecular flexibility index (Phi) is 4.36. The third-order valence-corrected chi connectivity index (χ3v) is 4.59. The quantitative estimate of drug-likeness (QED) is 0.909. The fraction of sp³-hybridized carbons (Fsp3) is 0.467. The van der Waals surface area contributed by atoms with Crippen LogP contribution in [-0.4, -0.2) is 28.1 Å². The van der Waals surface area contributed by atoms with Crippen molar-refractivity contribution in [3.05, 3.63) is 29.5 Å². The topological polar surface area (TPSA) is 75.4 Å². The van der Waals surface area contributed by atoms with E-state index in [2.05, 4.69) is 10.3 Å². The van der Waals surface area contributed by atoms with Gasteiger partial charge >= 0.3 is 0 Å². The van der Waals surface area contributed by atoms with Crippen molar-refractivity contribution in [3.63, 3.8) is 0 Å². The lowest BCUT2D eigenvalue weighted by Crippen LogP contribution is -2.39. The van der Waals surface area contributed by atoms with Crippen LogP contribution in [0.5, 0.6) is 0 Å². The standard InChI is InChI=1S/C15H18N2O3S/c18-12-5-3-10(4-6-12)16-14(19)8-11-9-21-15(17-11)13-2-1-7-20-13/h1-2,7,9-10,12,18H,3-6,8H2,(H,16,19). The van der Waals surface area contributed by atoms with Gasteiger partial charge in [-0.2, -0.15) is 0 Å². The van der Waals surface area contributed by atoms with Gasteiger partial charge < -0.3 is 14.8 Å². The van der Waals surface area contributed by atoms with Crippen molar-refractivity contribution in [2.75, 3.05) is 0 Å². The largest absolute Gasteiger partial charge is 0.462 e. The Labute approximate surface area is 127 Å². The van der Waals surface area contributed by atoms with Gasteiger partial charge in [0.1, 0.15) is 0 Å². The molecule has 2 aromatic rings. The number of nitrogens with one attached hydrogen (secondary N) is 1. The van der Waals surface area contributed by atoms with Crippen LogP contribution in [0.15, 0.2) is 28.2 Å². The van der Waals surface area contributed by atoms with Crippen LogP contribution >= 0.6 is 11.3 Å². The SMILES string of the molecule is O=C(Cc1csc(-c2ccco2)n1)NC1CCC(O)CC1. The molecule has 2 heterocycles. The lowest BCUT2D eigenvalue weighted by molar-refractivity contribution is -0.121. The summed E-state index contributed by atoms with van der Waals surface area (Å²) in [6.07, 6.45) is 4.93. The van der Waals surface area contributed by atoms with Crippen molar-refractivity contribution in [2.45, 2.75) is 44.2 Å². The van der Waals surface area contributed by atoms with Crippen LogP contribution in [0.3, 0.4) is 0 Å². The number of aliphatic hydroxyl groups is 1. The van der Waals surface area contributed by atoms with E-state index in [-0.39, 0.29) is 24.5 Å². The summed E-state index contributed by atoms with van der Waals surface area (Å²) in [5.41, 5.74) is 0.764. The molecule has 0 spiro atoms. The summed E-state index contributed by atoms with van der Waals surface area (Å²) in [6.45, 7) is 0. The Morgan fingerprint density at radius 2 is 2.24 bits per heavy atom. The second kappa shape index (κ2) is 6.41. The van der Waals surface area contributed by atoms with Crippen LogP contribution in [0.2, 0.25) is 0 Å². The van der Waals surface area contributed by atoms with Crippen molar-refractivity contribution in [1.29, 1.82) is 0 Å². The maximum absolute atomic E-state index is 12.0. The number of nitrogens with zero attached hydrogens (tertiary/aromatic N) is 1. The number of hydrogen-bond acceptors (Lipinski definition) is 5.